The molecule has 0 atom stereocenters. The van der Waals surface area contributed by atoms with Gasteiger partial charge in [-0.2, -0.15) is 5.26 Å². The van der Waals surface area contributed by atoms with Crippen LogP contribution in [0.3, 0.4) is 0 Å². The van der Waals surface area contributed by atoms with E-state index in [0.29, 0.717) is 11.3 Å². The van der Waals surface area contributed by atoms with E-state index < -0.39 is 11.8 Å². The molecule has 0 aliphatic carbocycles. The minimum absolute atomic E-state index is 0.121. The molecule has 2 aromatic carbocycles. The molecule has 0 bridgehead atoms. The first-order chi connectivity index (χ1) is 10.6. The molecule has 22 heavy (non-hydrogen) atoms. The summed E-state index contributed by atoms with van der Waals surface area (Å²) in [5, 5.41) is 8.86. The molecule has 0 saturated heterocycles. The first-order valence-corrected chi connectivity index (χ1v) is 6.69. The second-order valence-corrected chi connectivity index (χ2v) is 4.69. The number of hydrogen-bond donors (Lipinski definition) is 0. The van der Waals surface area contributed by atoms with Crippen molar-refractivity contribution in [2.45, 2.75) is 6.61 Å². The lowest BCUT2D eigenvalue weighted by Crippen LogP contribution is -2.15. The van der Waals surface area contributed by atoms with Gasteiger partial charge in [-0.3, -0.25) is 0 Å². The van der Waals surface area contributed by atoms with Crippen molar-refractivity contribution in [3.8, 4) is 11.8 Å². The summed E-state index contributed by atoms with van der Waals surface area (Å²) in [5.41, 5.74) is 0.611. The first-order valence-electron chi connectivity index (χ1n) is 6.31. The van der Waals surface area contributed by atoms with Crippen molar-refractivity contribution in [1.29, 1.82) is 5.26 Å². The van der Waals surface area contributed by atoms with E-state index in [1.807, 2.05) is 6.07 Å². The zero-order valence-corrected chi connectivity index (χ0v) is 12.1. The van der Waals surface area contributed by atoms with E-state index in [2.05, 4.69) is 0 Å². The lowest BCUT2D eigenvalue weighted by atomic mass is 10.2. The number of halogens is 2. The normalized spacial score (nSPS) is 9.86. The van der Waals surface area contributed by atoms with Crippen LogP contribution in [0.1, 0.15) is 11.1 Å². The predicted octanol–water partition coefficient (Wildman–Crippen LogP) is 3.47. The Bertz CT molecular complexity index is 690. The molecule has 4 nitrogen and oxygen atoms in total. The maximum absolute atomic E-state index is 13.5. The van der Waals surface area contributed by atoms with Gasteiger partial charge in [-0.1, -0.05) is 17.7 Å². The van der Waals surface area contributed by atoms with Crippen molar-refractivity contribution in [2.75, 3.05) is 6.61 Å². The fourth-order valence-electron chi connectivity index (χ4n) is 1.63. The van der Waals surface area contributed by atoms with Gasteiger partial charge in [-0.25, -0.2) is 9.18 Å². The second kappa shape index (κ2) is 7.43. The summed E-state index contributed by atoms with van der Waals surface area (Å²) in [4.78, 5) is 11.6. The highest BCUT2D eigenvalue weighted by molar-refractivity contribution is 6.31. The van der Waals surface area contributed by atoms with Gasteiger partial charge in [0.15, 0.2) is 6.61 Å². The van der Waals surface area contributed by atoms with Crippen molar-refractivity contribution < 1.29 is 18.7 Å². The Labute approximate surface area is 131 Å². The Morgan fingerprint density at radius 3 is 2.59 bits per heavy atom. The number of rotatable bonds is 5. The topological polar surface area (TPSA) is 59.3 Å². The van der Waals surface area contributed by atoms with Gasteiger partial charge in [0.05, 0.1) is 16.7 Å². The summed E-state index contributed by atoms with van der Waals surface area (Å²) >= 11 is 5.83. The number of nitriles is 1. The summed E-state index contributed by atoms with van der Waals surface area (Å²) < 4.78 is 23.6. The lowest BCUT2D eigenvalue weighted by Gasteiger charge is -2.08. The van der Waals surface area contributed by atoms with Crippen LogP contribution in [0.25, 0.3) is 0 Å². The highest BCUT2D eigenvalue weighted by Crippen LogP contribution is 2.19. The van der Waals surface area contributed by atoms with Crippen LogP contribution in [0.15, 0.2) is 42.5 Å². The highest BCUT2D eigenvalue weighted by atomic mass is 35.5. The molecule has 0 N–H and O–H groups in total. The van der Waals surface area contributed by atoms with Gasteiger partial charge in [-0.05, 0) is 36.4 Å². The molecule has 0 aromatic heterocycles. The van der Waals surface area contributed by atoms with Crippen LogP contribution in [0, 0.1) is 17.1 Å². The van der Waals surface area contributed by atoms with E-state index in [1.54, 1.807) is 24.3 Å². The molecule has 0 unspecified atom stereocenters. The quantitative estimate of drug-likeness (QED) is 0.792. The molecule has 0 spiro atoms. The molecular formula is C16H11ClFNO3. The van der Waals surface area contributed by atoms with Crippen LogP contribution in [0.5, 0.6) is 5.75 Å². The van der Waals surface area contributed by atoms with E-state index >= 15 is 0 Å². The number of esters is 1. The van der Waals surface area contributed by atoms with Crippen LogP contribution in [-0.2, 0) is 16.1 Å². The summed E-state index contributed by atoms with van der Waals surface area (Å²) in [5.74, 6) is -0.753. The van der Waals surface area contributed by atoms with Crippen molar-refractivity contribution in [2.24, 2.45) is 0 Å². The van der Waals surface area contributed by atoms with Crippen molar-refractivity contribution in [3.05, 3.63) is 64.4 Å². The third-order valence-corrected chi connectivity index (χ3v) is 3.13. The van der Waals surface area contributed by atoms with Crippen LogP contribution in [0.4, 0.5) is 4.39 Å². The molecule has 0 radical (unpaired) electrons. The zero-order valence-electron chi connectivity index (χ0n) is 11.4. The summed E-state index contributed by atoms with van der Waals surface area (Å²) in [7, 11) is 0. The molecule has 0 fully saturated rings. The van der Waals surface area contributed by atoms with Crippen molar-refractivity contribution >= 4 is 17.6 Å². The maximum Gasteiger partial charge on any atom is 0.344 e. The zero-order chi connectivity index (χ0) is 15.9. The number of nitrogens with zero attached hydrogens (tertiary/aromatic N) is 1. The fraction of sp³-hybridized carbons (Fsp3) is 0.125. The Kier molecular flexibility index (Phi) is 5.34. The van der Waals surface area contributed by atoms with E-state index in [1.165, 1.54) is 18.2 Å². The Morgan fingerprint density at radius 2 is 1.95 bits per heavy atom. The number of carbonyl (C=O) groups is 1. The summed E-state index contributed by atoms with van der Waals surface area (Å²) in [6, 6.07) is 12.5. The summed E-state index contributed by atoms with van der Waals surface area (Å²) in [6.45, 7) is -0.584. The third kappa shape index (κ3) is 4.21. The van der Waals surface area contributed by atoms with Crippen LogP contribution in [0.2, 0.25) is 5.02 Å². The monoisotopic (exact) mass is 319 g/mol. The third-order valence-electron chi connectivity index (χ3n) is 2.78. The molecule has 0 aliphatic heterocycles. The average molecular weight is 320 g/mol. The predicted molar refractivity (Wildman–Crippen MR) is 77.9 cm³/mol. The maximum atomic E-state index is 13.5. The number of benzene rings is 2. The van der Waals surface area contributed by atoms with E-state index in [-0.39, 0.29) is 23.8 Å². The number of carbonyl (C=O) groups excluding carboxylic acids is 1. The van der Waals surface area contributed by atoms with Gasteiger partial charge in [0.2, 0.25) is 0 Å². The number of ether oxygens (including phenoxy) is 2. The van der Waals surface area contributed by atoms with Crippen LogP contribution in [-0.4, -0.2) is 12.6 Å². The van der Waals surface area contributed by atoms with Gasteiger partial charge in [0.25, 0.3) is 0 Å². The molecular weight excluding hydrogens is 309 g/mol. The van der Waals surface area contributed by atoms with Crippen LogP contribution >= 0.6 is 11.6 Å². The van der Waals surface area contributed by atoms with Gasteiger partial charge in [-0.15, -0.1) is 0 Å². The molecule has 0 saturated carbocycles. The minimum atomic E-state index is -0.649. The molecule has 0 heterocycles. The molecule has 0 aliphatic rings. The Balaban J connectivity index is 1.84. The smallest absolute Gasteiger partial charge is 0.344 e. The van der Waals surface area contributed by atoms with Gasteiger partial charge in [0.1, 0.15) is 18.2 Å². The Hall–Kier alpha value is -2.58. The van der Waals surface area contributed by atoms with E-state index in [4.69, 9.17) is 26.3 Å². The molecule has 0 amide bonds. The molecule has 2 aromatic rings. The minimum Gasteiger partial charge on any atom is -0.482 e. The lowest BCUT2D eigenvalue weighted by molar-refractivity contribution is -0.147. The largest absolute Gasteiger partial charge is 0.482 e. The number of hydrogen-bond acceptors (Lipinski definition) is 4. The van der Waals surface area contributed by atoms with Crippen LogP contribution < -0.4 is 4.74 Å². The Morgan fingerprint density at radius 1 is 1.23 bits per heavy atom. The standard InChI is InChI=1S/C16H11ClFNO3/c17-14-2-1-3-15(18)13(14)9-22-16(20)10-21-12-6-4-11(8-19)5-7-12/h1-7H,9-10H2. The first kappa shape index (κ1) is 15.8. The molecule has 6 heteroatoms. The highest BCUT2D eigenvalue weighted by Gasteiger charge is 2.10. The van der Waals surface area contributed by atoms with Gasteiger partial charge in [0, 0.05) is 5.56 Å². The average Bonchev–Trinajstić information content (AvgIpc) is 2.53. The van der Waals surface area contributed by atoms with Gasteiger partial charge >= 0.3 is 5.97 Å². The molecule has 2 rings (SSSR count). The SMILES string of the molecule is N#Cc1ccc(OCC(=O)OCc2c(F)cccc2Cl)cc1. The fourth-order valence-corrected chi connectivity index (χ4v) is 1.85. The van der Waals surface area contributed by atoms with E-state index in [9.17, 15) is 9.18 Å². The molecule has 112 valence electrons. The van der Waals surface area contributed by atoms with Crippen molar-refractivity contribution in [3.63, 3.8) is 0 Å². The second-order valence-electron chi connectivity index (χ2n) is 4.29. The van der Waals surface area contributed by atoms with Crippen molar-refractivity contribution in [1.82, 2.24) is 0 Å². The summed E-state index contributed by atoms with van der Waals surface area (Å²) in [6.07, 6.45) is 0. The van der Waals surface area contributed by atoms with E-state index in [0.717, 1.165) is 0 Å². The van der Waals surface area contributed by atoms with Gasteiger partial charge < -0.3 is 9.47 Å².